The molecule has 0 aromatic heterocycles. The first-order valence-corrected chi connectivity index (χ1v) is 12.9. The standard InChI is InChI=1S/C18H14O10S3/c1-2-28-10-5-9-3-4-11-15(30(22,23)24)8-16(31(25,26)27)13-7-14(29(19,20)21)12(6-10)17(9)18(11)13/h3-8H,2H2,1H3,(H,19,20,21)(H,22,23,24)(H,25,26,27). The van der Waals surface area contributed by atoms with Gasteiger partial charge in [0.05, 0.1) is 6.61 Å². The van der Waals surface area contributed by atoms with Crippen LogP contribution in [-0.2, 0) is 30.4 Å². The highest BCUT2D eigenvalue weighted by molar-refractivity contribution is 7.87. The van der Waals surface area contributed by atoms with Crippen molar-refractivity contribution in [2.24, 2.45) is 0 Å². The summed E-state index contributed by atoms with van der Waals surface area (Å²) in [5, 5.41) is -0.103. The molecule has 0 aliphatic carbocycles. The van der Waals surface area contributed by atoms with E-state index >= 15 is 0 Å². The Balaban J connectivity index is 2.43. The zero-order valence-electron chi connectivity index (χ0n) is 15.6. The molecule has 4 aromatic rings. The van der Waals surface area contributed by atoms with Gasteiger partial charge >= 0.3 is 0 Å². The van der Waals surface area contributed by atoms with Crippen molar-refractivity contribution in [2.45, 2.75) is 21.6 Å². The van der Waals surface area contributed by atoms with Gasteiger partial charge in [0, 0.05) is 21.5 Å². The van der Waals surface area contributed by atoms with Gasteiger partial charge in [0.2, 0.25) is 0 Å². The third kappa shape index (κ3) is 3.48. The van der Waals surface area contributed by atoms with E-state index in [1.54, 1.807) is 6.92 Å². The molecule has 0 bridgehead atoms. The number of rotatable bonds is 5. The van der Waals surface area contributed by atoms with Crippen LogP contribution in [-0.4, -0.2) is 45.5 Å². The smallest absolute Gasteiger partial charge is 0.295 e. The molecule has 0 fully saturated rings. The van der Waals surface area contributed by atoms with Crippen molar-refractivity contribution >= 4 is 62.7 Å². The Hall–Kier alpha value is -2.55. The van der Waals surface area contributed by atoms with Gasteiger partial charge in [-0.2, -0.15) is 25.3 Å². The van der Waals surface area contributed by atoms with E-state index in [9.17, 15) is 38.9 Å². The van der Waals surface area contributed by atoms with Gasteiger partial charge in [-0.15, -0.1) is 0 Å². The van der Waals surface area contributed by atoms with Crippen molar-refractivity contribution < 1.29 is 43.6 Å². The van der Waals surface area contributed by atoms with E-state index in [1.807, 2.05) is 0 Å². The molecule has 4 aromatic carbocycles. The molecule has 0 saturated carbocycles. The molecule has 31 heavy (non-hydrogen) atoms. The average Bonchev–Trinajstić information content (AvgIpc) is 2.62. The summed E-state index contributed by atoms with van der Waals surface area (Å²) in [5.74, 6) is 0.253. The van der Waals surface area contributed by atoms with Crippen LogP contribution in [0.5, 0.6) is 5.75 Å². The molecule has 10 nitrogen and oxygen atoms in total. The molecule has 0 atom stereocenters. The number of hydrogen-bond donors (Lipinski definition) is 3. The van der Waals surface area contributed by atoms with Gasteiger partial charge in [-0.25, -0.2) is 0 Å². The minimum Gasteiger partial charge on any atom is -0.494 e. The van der Waals surface area contributed by atoms with Crippen LogP contribution in [0.15, 0.2) is 51.1 Å². The normalized spacial score (nSPS) is 13.4. The maximum Gasteiger partial charge on any atom is 0.295 e. The van der Waals surface area contributed by atoms with Gasteiger partial charge in [0.1, 0.15) is 20.4 Å². The third-order valence-electron chi connectivity index (χ3n) is 4.84. The Morgan fingerprint density at radius 2 is 1.19 bits per heavy atom. The van der Waals surface area contributed by atoms with Crippen molar-refractivity contribution in [3.8, 4) is 5.75 Å². The molecular weight excluding hydrogens is 472 g/mol. The van der Waals surface area contributed by atoms with Crippen molar-refractivity contribution in [1.29, 1.82) is 0 Å². The lowest BCUT2D eigenvalue weighted by Gasteiger charge is -2.18. The molecule has 0 spiro atoms. The fourth-order valence-electron chi connectivity index (χ4n) is 3.76. The first-order valence-electron chi connectivity index (χ1n) is 8.58. The second-order valence-corrected chi connectivity index (χ2v) is 10.9. The highest BCUT2D eigenvalue weighted by Gasteiger charge is 2.28. The van der Waals surface area contributed by atoms with Gasteiger partial charge in [0.15, 0.2) is 0 Å². The SMILES string of the molecule is CCOc1cc2ccc3c(S(=O)(=O)O)cc(S(=O)(=O)O)c4cc(S(=O)(=O)O)c(c1)c2c34. The van der Waals surface area contributed by atoms with E-state index in [0.717, 1.165) is 6.07 Å². The first kappa shape index (κ1) is 21.7. The fraction of sp³-hybridized carbons (Fsp3) is 0.111. The second kappa shape index (κ2) is 6.72. The lowest BCUT2D eigenvalue weighted by Crippen LogP contribution is -2.08. The molecule has 0 aliphatic rings. The Morgan fingerprint density at radius 1 is 0.677 bits per heavy atom. The molecular formula is C18H14O10S3. The number of benzene rings is 4. The van der Waals surface area contributed by atoms with Crippen LogP contribution in [0.25, 0.3) is 32.3 Å². The Labute approximate surface area is 176 Å². The monoisotopic (exact) mass is 486 g/mol. The van der Waals surface area contributed by atoms with Gasteiger partial charge in [-0.3, -0.25) is 13.7 Å². The summed E-state index contributed by atoms with van der Waals surface area (Å²) in [6, 6.07) is 6.93. The van der Waals surface area contributed by atoms with Gasteiger partial charge in [-0.1, -0.05) is 12.1 Å². The topological polar surface area (TPSA) is 172 Å². The van der Waals surface area contributed by atoms with Crippen molar-refractivity contribution in [2.75, 3.05) is 6.61 Å². The summed E-state index contributed by atoms with van der Waals surface area (Å²) in [6.07, 6.45) is 0. The zero-order valence-corrected chi connectivity index (χ0v) is 18.0. The minimum atomic E-state index is -5.07. The van der Waals surface area contributed by atoms with E-state index in [-0.39, 0.29) is 39.3 Å². The summed E-state index contributed by atoms with van der Waals surface area (Å²) in [4.78, 5) is -2.39. The molecule has 0 radical (unpaired) electrons. The summed E-state index contributed by atoms with van der Waals surface area (Å²) < 4.78 is 107. The fourth-order valence-corrected chi connectivity index (χ4v) is 5.96. The summed E-state index contributed by atoms with van der Waals surface area (Å²) in [6.45, 7) is 1.94. The molecule has 0 aliphatic heterocycles. The van der Waals surface area contributed by atoms with Crippen molar-refractivity contribution in [3.63, 3.8) is 0 Å². The number of hydrogen-bond acceptors (Lipinski definition) is 7. The molecule has 164 valence electrons. The Bertz CT molecular complexity index is 1700. The van der Waals surface area contributed by atoms with Crippen LogP contribution >= 0.6 is 0 Å². The maximum atomic E-state index is 12.1. The Kier molecular flexibility index (Phi) is 4.70. The van der Waals surface area contributed by atoms with E-state index in [2.05, 4.69) is 0 Å². The van der Waals surface area contributed by atoms with E-state index in [0.29, 0.717) is 11.5 Å². The maximum absolute atomic E-state index is 12.1. The van der Waals surface area contributed by atoms with E-state index < -0.39 is 45.0 Å². The largest absolute Gasteiger partial charge is 0.494 e. The third-order valence-corrected chi connectivity index (χ3v) is 7.52. The predicted octanol–water partition coefficient (Wildman–Crippen LogP) is 2.72. The van der Waals surface area contributed by atoms with Crippen LogP contribution in [0, 0.1) is 0 Å². The minimum absolute atomic E-state index is 0.0364. The lowest BCUT2D eigenvalue weighted by atomic mass is 9.94. The molecule has 0 saturated heterocycles. The summed E-state index contributed by atoms with van der Waals surface area (Å²) in [5.41, 5.74) is 0. The van der Waals surface area contributed by atoms with Crippen molar-refractivity contribution in [3.05, 3.63) is 36.4 Å². The Morgan fingerprint density at radius 3 is 1.74 bits per heavy atom. The van der Waals surface area contributed by atoms with Crippen LogP contribution in [0.4, 0.5) is 0 Å². The van der Waals surface area contributed by atoms with Crippen LogP contribution in [0.2, 0.25) is 0 Å². The lowest BCUT2D eigenvalue weighted by molar-refractivity contribution is 0.341. The van der Waals surface area contributed by atoms with Crippen molar-refractivity contribution in [1.82, 2.24) is 0 Å². The molecule has 4 rings (SSSR count). The highest BCUT2D eigenvalue weighted by atomic mass is 32.2. The highest BCUT2D eigenvalue weighted by Crippen LogP contribution is 2.44. The van der Waals surface area contributed by atoms with Gasteiger partial charge in [-0.05, 0) is 42.0 Å². The first-order chi connectivity index (χ1) is 14.2. The van der Waals surface area contributed by atoms with Crippen LogP contribution in [0.1, 0.15) is 6.92 Å². The molecule has 3 N–H and O–H groups in total. The van der Waals surface area contributed by atoms with Gasteiger partial charge < -0.3 is 4.74 Å². The van der Waals surface area contributed by atoms with E-state index in [1.165, 1.54) is 24.3 Å². The average molecular weight is 487 g/mol. The van der Waals surface area contributed by atoms with Crippen LogP contribution in [0.3, 0.4) is 0 Å². The quantitative estimate of drug-likeness (QED) is 0.281. The predicted molar refractivity (Wildman–Crippen MR) is 111 cm³/mol. The molecule has 13 heteroatoms. The molecule has 0 heterocycles. The zero-order chi connectivity index (χ0) is 22.9. The molecule has 0 unspecified atom stereocenters. The summed E-state index contributed by atoms with van der Waals surface area (Å²) in [7, 11) is -14.9. The van der Waals surface area contributed by atoms with E-state index in [4.69, 9.17) is 4.74 Å². The van der Waals surface area contributed by atoms with Gasteiger partial charge in [0.25, 0.3) is 30.4 Å². The summed E-state index contributed by atoms with van der Waals surface area (Å²) >= 11 is 0. The molecule has 0 amide bonds. The second-order valence-electron chi connectivity index (χ2n) is 6.71. The number of ether oxygens (including phenoxy) is 1. The van der Waals surface area contributed by atoms with Crippen LogP contribution < -0.4 is 4.74 Å².